The minimum atomic E-state index is -0.538. The van der Waals surface area contributed by atoms with Gasteiger partial charge in [-0.1, -0.05) is 36.4 Å². The molecule has 0 aliphatic rings. The van der Waals surface area contributed by atoms with E-state index in [9.17, 15) is 9.59 Å². The third kappa shape index (κ3) is 3.85. The lowest BCUT2D eigenvalue weighted by Crippen LogP contribution is -2.35. The van der Waals surface area contributed by atoms with Crippen LogP contribution in [0.1, 0.15) is 23.3 Å². The molecule has 4 heterocycles. The number of nitrogens with one attached hydrogen (secondary N) is 2. The number of hydrogen-bond acceptors (Lipinski definition) is 7. The molecule has 0 bridgehead atoms. The van der Waals surface area contributed by atoms with E-state index < -0.39 is 6.04 Å². The van der Waals surface area contributed by atoms with Gasteiger partial charge in [0.25, 0.3) is 5.56 Å². The van der Waals surface area contributed by atoms with Crippen LogP contribution in [0.2, 0.25) is 0 Å². The van der Waals surface area contributed by atoms with Crippen LogP contribution in [0.5, 0.6) is 0 Å². The van der Waals surface area contributed by atoms with Crippen molar-refractivity contribution in [2.75, 3.05) is 0 Å². The van der Waals surface area contributed by atoms with Crippen molar-refractivity contribution in [3.05, 3.63) is 87.1 Å². The van der Waals surface area contributed by atoms with Gasteiger partial charge in [-0.3, -0.25) is 19.3 Å². The number of H-pyrrole nitrogens is 1. The number of nitrogens with zero attached hydrogens (tertiary/aromatic N) is 4. The van der Waals surface area contributed by atoms with Gasteiger partial charge >= 0.3 is 0 Å². The predicted octanol–water partition coefficient (Wildman–Crippen LogP) is 3.52. The molecule has 160 valence electrons. The van der Waals surface area contributed by atoms with Crippen molar-refractivity contribution in [3.8, 4) is 10.4 Å². The fourth-order valence-corrected chi connectivity index (χ4v) is 5.21. The summed E-state index contributed by atoms with van der Waals surface area (Å²) in [4.78, 5) is 36.6. The van der Waals surface area contributed by atoms with Crippen LogP contribution in [-0.4, -0.2) is 30.6 Å². The van der Waals surface area contributed by atoms with Gasteiger partial charge in [0.15, 0.2) is 5.82 Å². The summed E-state index contributed by atoms with van der Waals surface area (Å²) in [5.74, 6) is 0.776. The summed E-state index contributed by atoms with van der Waals surface area (Å²) in [6.45, 7) is 1.64. The lowest BCUT2D eigenvalue weighted by Gasteiger charge is -2.16. The highest BCUT2D eigenvalue weighted by Crippen LogP contribution is 2.33. The highest BCUT2D eigenvalue weighted by Gasteiger charge is 2.22. The Labute approximate surface area is 190 Å². The van der Waals surface area contributed by atoms with Crippen molar-refractivity contribution in [1.82, 2.24) is 30.0 Å². The van der Waals surface area contributed by atoms with E-state index in [1.807, 2.05) is 53.2 Å². The Morgan fingerprint density at radius 2 is 2.03 bits per heavy atom. The van der Waals surface area contributed by atoms with Gasteiger partial charge in [-0.15, -0.1) is 22.7 Å². The van der Waals surface area contributed by atoms with Crippen LogP contribution in [0, 0.1) is 6.92 Å². The number of amides is 1. The highest BCUT2D eigenvalue weighted by molar-refractivity contribution is 7.18. The van der Waals surface area contributed by atoms with Crippen molar-refractivity contribution in [1.29, 1.82) is 0 Å². The topological polar surface area (TPSA) is 106 Å². The zero-order valence-corrected chi connectivity index (χ0v) is 18.6. The SMILES string of the molecule is Cc1nc(C(NC(=O)Cn2cnc3scc(-c4cccs4)c3c2=O)c2ccccc2)n[nH]1. The van der Waals surface area contributed by atoms with Gasteiger partial charge in [0.2, 0.25) is 5.91 Å². The van der Waals surface area contributed by atoms with E-state index in [0.29, 0.717) is 21.9 Å². The predicted molar refractivity (Wildman–Crippen MR) is 125 cm³/mol. The second kappa shape index (κ2) is 8.48. The van der Waals surface area contributed by atoms with Crippen molar-refractivity contribution in [3.63, 3.8) is 0 Å². The first-order valence-electron chi connectivity index (χ1n) is 9.84. The molecular formula is C22H18N6O2S2. The molecule has 32 heavy (non-hydrogen) atoms. The van der Waals surface area contributed by atoms with Crippen molar-refractivity contribution in [2.24, 2.45) is 0 Å². The van der Waals surface area contributed by atoms with Crippen LogP contribution < -0.4 is 10.9 Å². The molecule has 10 heteroatoms. The number of rotatable bonds is 6. The summed E-state index contributed by atoms with van der Waals surface area (Å²) in [5.41, 5.74) is 1.46. The third-order valence-electron chi connectivity index (χ3n) is 4.97. The Kier molecular flexibility index (Phi) is 5.38. The molecule has 0 fully saturated rings. The van der Waals surface area contributed by atoms with Gasteiger partial charge in [-0.05, 0) is 23.9 Å². The average Bonchev–Trinajstić information content (AvgIpc) is 3.55. The smallest absolute Gasteiger partial charge is 0.263 e. The van der Waals surface area contributed by atoms with Crippen LogP contribution in [0.3, 0.4) is 0 Å². The van der Waals surface area contributed by atoms with E-state index in [2.05, 4.69) is 25.5 Å². The molecule has 0 saturated heterocycles. The van der Waals surface area contributed by atoms with E-state index in [4.69, 9.17) is 0 Å². The zero-order valence-electron chi connectivity index (χ0n) is 17.0. The van der Waals surface area contributed by atoms with Gasteiger partial charge < -0.3 is 5.32 Å². The largest absolute Gasteiger partial charge is 0.340 e. The molecule has 1 aromatic carbocycles. The molecule has 0 spiro atoms. The monoisotopic (exact) mass is 462 g/mol. The Bertz CT molecular complexity index is 1440. The second-order valence-electron chi connectivity index (χ2n) is 7.17. The Morgan fingerprint density at radius 1 is 1.19 bits per heavy atom. The molecule has 5 rings (SSSR count). The summed E-state index contributed by atoms with van der Waals surface area (Å²) >= 11 is 2.99. The van der Waals surface area contributed by atoms with Gasteiger partial charge in [-0.2, -0.15) is 5.10 Å². The fraction of sp³-hybridized carbons (Fsp3) is 0.136. The molecule has 1 amide bonds. The molecule has 0 radical (unpaired) electrons. The van der Waals surface area contributed by atoms with Crippen molar-refractivity contribution >= 4 is 38.8 Å². The standard InChI is InChI=1S/C22H18N6O2S2/c1-13-24-20(27-26-13)19(14-6-3-2-4-7-14)25-17(29)10-28-12-23-21-18(22(28)30)15(11-32-21)16-8-5-9-31-16/h2-9,11-12,19H,10H2,1H3,(H,25,29)(H,24,26,27). The number of aromatic nitrogens is 5. The summed E-state index contributed by atoms with van der Waals surface area (Å²) < 4.78 is 1.34. The van der Waals surface area contributed by atoms with Gasteiger partial charge in [0.05, 0.1) is 11.7 Å². The molecule has 1 atom stereocenters. The number of carbonyl (C=O) groups is 1. The number of fused-ring (bicyclic) bond motifs is 1. The molecule has 4 aromatic heterocycles. The molecule has 1 unspecified atom stereocenters. The maximum Gasteiger partial charge on any atom is 0.263 e. The quantitative estimate of drug-likeness (QED) is 0.402. The third-order valence-corrected chi connectivity index (χ3v) is 6.76. The van der Waals surface area contributed by atoms with Gasteiger partial charge in [0.1, 0.15) is 23.2 Å². The van der Waals surface area contributed by atoms with Crippen LogP contribution in [0.25, 0.3) is 20.7 Å². The first-order valence-corrected chi connectivity index (χ1v) is 11.6. The minimum Gasteiger partial charge on any atom is -0.340 e. The molecule has 0 saturated carbocycles. The van der Waals surface area contributed by atoms with E-state index in [-0.39, 0.29) is 18.0 Å². The number of hydrogen-bond donors (Lipinski definition) is 2. The van der Waals surface area contributed by atoms with E-state index in [1.165, 1.54) is 22.2 Å². The molecule has 5 aromatic rings. The van der Waals surface area contributed by atoms with E-state index >= 15 is 0 Å². The molecule has 8 nitrogen and oxygen atoms in total. The number of aryl methyl sites for hydroxylation is 1. The Balaban J connectivity index is 1.44. The second-order valence-corrected chi connectivity index (χ2v) is 8.98. The van der Waals surface area contributed by atoms with Gasteiger partial charge in [0, 0.05) is 15.8 Å². The number of aromatic amines is 1. The van der Waals surface area contributed by atoms with Crippen molar-refractivity contribution in [2.45, 2.75) is 19.5 Å². The lowest BCUT2D eigenvalue weighted by atomic mass is 10.1. The number of thiophene rings is 2. The van der Waals surface area contributed by atoms with E-state index in [1.54, 1.807) is 18.3 Å². The molecule has 2 N–H and O–H groups in total. The van der Waals surface area contributed by atoms with Gasteiger partial charge in [-0.25, -0.2) is 9.97 Å². The molecule has 0 aliphatic carbocycles. The van der Waals surface area contributed by atoms with Crippen LogP contribution in [0.15, 0.2) is 64.3 Å². The van der Waals surface area contributed by atoms with Crippen LogP contribution in [0.4, 0.5) is 0 Å². The maximum absolute atomic E-state index is 13.2. The number of carbonyl (C=O) groups excluding carboxylic acids is 1. The minimum absolute atomic E-state index is 0.158. The fourth-order valence-electron chi connectivity index (χ4n) is 3.49. The van der Waals surface area contributed by atoms with Crippen LogP contribution >= 0.6 is 22.7 Å². The molecular weight excluding hydrogens is 444 g/mol. The summed E-state index contributed by atoms with van der Waals surface area (Å²) in [6.07, 6.45) is 1.42. The Hall–Kier alpha value is -3.63. The first-order chi connectivity index (χ1) is 15.6. The Morgan fingerprint density at radius 3 is 2.75 bits per heavy atom. The van der Waals surface area contributed by atoms with E-state index in [0.717, 1.165) is 16.0 Å². The van der Waals surface area contributed by atoms with Crippen LogP contribution in [-0.2, 0) is 11.3 Å². The maximum atomic E-state index is 13.2. The summed E-state index contributed by atoms with van der Waals surface area (Å²) in [7, 11) is 0. The average molecular weight is 463 g/mol. The first kappa shape index (κ1) is 20.3. The number of benzene rings is 1. The normalized spacial score (nSPS) is 12.2. The molecule has 0 aliphatic heterocycles. The summed E-state index contributed by atoms with van der Waals surface area (Å²) in [6, 6.07) is 12.9. The summed E-state index contributed by atoms with van der Waals surface area (Å²) in [5, 5.41) is 14.4. The highest BCUT2D eigenvalue weighted by atomic mass is 32.1. The lowest BCUT2D eigenvalue weighted by molar-refractivity contribution is -0.122. The van der Waals surface area contributed by atoms with Crippen molar-refractivity contribution < 1.29 is 4.79 Å². The zero-order chi connectivity index (χ0) is 22.1.